The molecule has 1 aromatic carbocycles. The van der Waals surface area contributed by atoms with Gasteiger partial charge in [0.2, 0.25) is 0 Å². The number of halogens is 3. The van der Waals surface area contributed by atoms with Gasteiger partial charge in [-0.2, -0.15) is 0 Å². The summed E-state index contributed by atoms with van der Waals surface area (Å²) < 4.78 is 39.2. The lowest BCUT2D eigenvalue weighted by Gasteiger charge is -2.13. The monoisotopic (exact) mass is 276 g/mol. The molecule has 3 N–H and O–H groups in total. The number of rotatable bonds is 4. The minimum Gasteiger partial charge on any atom is -0.393 e. The summed E-state index contributed by atoms with van der Waals surface area (Å²) in [6.07, 6.45) is 0.200. The Morgan fingerprint density at radius 3 is 2.33 bits per heavy atom. The molecule has 1 rings (SSSR count). The Labute approximate surface area is 107 Å². The highest BCUT2D eigenvalue weighted by atomic mass is 32.1. The second-order valence-electron chi connectivity index (χ2n) is 3.79. The van der Waals surface area contributed by atoms with E-state index in [1.165, 1.54) is 0 Å². The third kappa shape index (κ3) is 3.69. The van der Waals surface area contributed by atoms with Gasteiger partial charge in [0.1, 0.15) is 23.0 Å². The van der Waals surface area contributed by atoms with E-state index in [1.54, 1.807) is 6.92 Å². The Kier molecular flexibility index (Phi) is 4.66. The van der Waals surface area contributed by atoms with E-state index in [4.69, 9.17) is 5.73 Å². The van der Waals surface area contributed by atoms with Crippen molar-refractivity contribution in [2.75, 3.05) is 0 Å². The van der Waals surface area contributed by atoms with Crippen LogP contribution < -0.4 is 11.1 Å². The number of hydrogen-bond donors (Lipinski definition) is 2. The highest BCUT2D eigenvalue weighted by Crippen LogP contribution is 2.14. The third-order valence-corrected chi connectivity index (χ3v) is 2.29. The maximum Gasteiger partial charge on any atom is 0.257 e. The fourth-order valence-electron chi connectivity index (χ4n) is 1.41. The van der Waals surface area contributed by atoms with Crippen molar-refractivity contribution < 1.29 is 18.0 Å². The summed E-state index contributed by atoms with van der Waals surface area (Å²) in [4.78, 5) is 11.8. The van der Waals surface area contributed by atoms with Gasteiger partial charge < -0.3 is 11.1 Å². The molecule has 7 heteroatoms. The molecule has 1 amide bonds. The van der Waals surface area contributed by atoms with E-state index in [1.807, 2.05) is 0 Å². The van der Waals surface area contributed by atoms with Crippen LogP contribution in [0.25, 0.3) is 0 Å². The van der Waals surface area contributed by atoms with Crippen molar-refractivity contribution in [2.24, 2.45) is 5.73 Å². The first-order chi connectivity index (χ1) is 8.31. The third-order valence-electron chi connectivity index (χ3n) is 2.12. The number of carbonyl (C=O) groups is 1. The molecule has 0 radical (unpaired) electrons. The maximum absolute atomic E-state index is 13.3. The Balaban J connectivity index is 2.88. The van der Waals surface area contributed by atoms with Crippen LogP contribution in [0.2, 0.25) is 0 Å². The molecule has 1 aromatic rings. The molecular formula is C11H11F3N2OS. The topological polar surface area (TPSA) is 55.1 Å². The maximum atomic E-state index is 13.3. The number of thiocarbonyl (C=S) groups is 1. The summed E-state index contributed by atoms with van der Waals surface area (Å²) in [5.74, 6) is -4.58. The van der Waals surface area contributed by atoms with Gasteiger partial charge in [-0.15, -0.1) is 0 Å². The lowest BCUT2D eigenvalue weighted by Crippen LogP contribution is -2.36. The Morgan fingerprint density at radius 1 is 1.39 bits per heavy atom. The van der Waals surface area contributed by atoms with Gasteiger partial charge in [-0.25, -0.2) is 13.2 Å². The first kappa shape index (κ1) is 14.4. The predicted octanol–water partition coefficient (Wildman–Crippen LogP) is 1.90. The highest BCUT2D eigenvalue weighted by Gasteiger charge is 2.20. The lowest BCUT2D eigenvalue weighted by atomic mass is 10.1. The second kappa shape index (κ2) is 5.81. The van der Waals surface area contributed by atoms with Crippen LogP contribution in [-0.4, -0.2) is 16.9 Å². The molecule has 1 atom stereocenters. The van der Waals surface area contributed by atoms with E-state index >= 15 is 0 Å². The summed E-state index contributed by atoms with van der Waals surface area (Å²) >= 11 is 4.64. The summed E-state index contributed by atoms with van der Waals surface area (Å²) in [6, 6.07) is 0.408. The fourth-order valence-corrected chi connectivity index (χ4v) is 1.66. The van der Waals surface area contributed by atoms with Crippen LogP contribution in [0.4, 0.5) is 13.2 Å². The lowest BCUT2D eigenvalue weighted by molar-refractivity contribution is 0.0932. The molecule has 0 saturated heterocycles. The smallest absolute Gasteiger partial charge is 0.257 e. The van der Waals surface area contributed by atoms with Crippen molar-refractivity contribution in [3.63, 3.8) is 0 Å². The number of amides is 1. The largest absolute Gasteiger partial charge is 0.393 e. The molecule has 0 saturated carbocycles. The normalized spacial score (nSPS) is 12.0. The molecular weight excluding hydrogens is 265 g/mol. The summed E-state index contributed by atoms with van der Waals surface area (Å²) in [7, 11) is 0. The number of nitrogens with two attached hydrogens (primary N) is 1. The van der Waals surface area contributed by atoms with E-state index in [9.17, 15) is 18.0 Å². The second-order valence-corrected chi connectivity index (χ2v) is 4.31. The molecule has 0 aliphatic carbocycles. The van der Waals surface area contributed by atoms with Crippen LogP contribution in [-0.2, 0) is 0 Å². The van der Waals surface area contributed by atoms with Gasteiger partial charge in [-0.05, 0) is 6.92 Å². The Bertz CT molecular complexity index is 470. The zero-order valence-corrected chi connectivity index (χ0v) is 10.3. The van der Waals surface area contributed by atoms with Gasteiger partial charge in [0.05, 0.1) is 4.99 Å². The van der Waals surface area contributed by atoms with Gasteiger partial charge in [-0.1, -0.05) is 12.2 Å². The van der Waals surface area contributed by atoms with Crippen LogP contribution >= 0.6 is 12.2 Å². The van der Waals surface area contributed by atoms with Crippen molar-refractivity contribution in [2.45, 2.75) is 19.4 Å². The highest BCUT2D eigenvalue weighted by molar-refractivity contribution is 7.80. The van der Waals surface area contributed by atoms with E-state index < -0.39 is 35.0 Å². The zero-order chi connectivity index (χ0) is 13.9. The molecule has 0 heterocycles. The zero-order valence-electron chi connectivity index (χ0n) is 9.47. The number of hydrogen-bond acceptors (Lipinski definition) is 2. The van der Waals surface area contributed by atoms with Crippen molar-refractivity contribution in [3.05, 3.63) is 35.1 Å². The van der Waals surface area contributed by atoms with Gasteiger partial charge in [0.25, 0.3) is 5.91 Å². The summed E-state index contributed by atoms with van der Waals surface area (Å²) in [5, 5.41) is 2.32. The summed E-state index contributed by atoms with van der Waals surface area (Å²) in [5.41, 5.74) is 4.44. The van der Waals surface area contributed by atoms with Crippen molar-refractivity contribution in [1.82, 2.24) is 5.32 Å². The Hall–Kier alpha value is -1.63. The molecule has 98 valence electrons. The van der Waals surface area contributed by atoms with Crippen LogP contribution in [0, 0.1) is 17.5 Å². The molecule has 0 bridgehead atoms. The summed E-state index contributed by atoms with van der Waals surface area (Å²) in [6.45, 7) is 1.58. The fraction of sp³-hybridized carbons (Fsp3) is 0.273. The van der Waals surface area contributed by atoms with Crippen molar-refractivity contribution in [3.8, 4) is 0 Å². The van der Waals surface area contributed by atoms with Crippen LogP contribution in [0.15, 0.2) is 12.1 Å². The van der Waals surface area contributed by atoms with Crippen molar-refractivity contribution in [1.29, 1.82) is 0 Å². The van der Waals surface area contributed by atoms with Crippen LogP contribution in [0.1, 0.15) is 23.7 Å². The van der Waals surface area contributed by atoms with Crippen LogP contribution in [0.3, 0.4) is 0 Å². The number of nitrogens with one attached hydrogen (secondary N) is 1. The molecule has 3 nitrogen and oxygen atoms in total. The molecule has 0 spiro atoms. The standard InChI is InChI=1S/C11H11F3N2OS/c1-5(2-9(15)18)16-11(17)10-7(13)3-6(12)4-8(10)14/h3-5H,2H2,1H3,(H2,15,18)(H,16,17). The molecule has 18 heavy (non-hydrogen) atoms. The van der Waals surface area contributed by atoms with E-state index in [0.29, 0.717) is 12.1 Å². The molecule has 0 fully saturated rings. The van der Waals surface area contributed by atoms with E-state index in [-0.39, 0.29) is 11.4 Å². The number of benzene rings is 1. The average Bonchev–Trinajstić information content (AvgIpc) is 2.12. The van der Waals surface area contributed by atoms with Crippen molar-refractivity contribution >= 4 is 23.1 Å². The van der Waals surface area contributed by atoms with Gasteiger partial charge >= 0.3 is 0 Å². The van der Waals surface area contributed by atoms with Gasteiger partial charge in [0, 0.05) is 24.6 Å². The predicted molar refractivity (Wildman–Crippen MR) is 64.6 cm³/mol. The minimum absolute atomic E-state index is 0.169. The Morgan fingerprint density at radius 2 is 1.89 bits per heavy atom. The molecule has 1 unspecified atom stereocenters. The molecule has 0 aromatic heterocycles. The quantitative estimate of drug-likeness (QED) is 0.826. The number of carbonyl (C=O) groups excluding carboxylic acids is 1. The van der Waals surface area contributed by atoms with E-state index in [0.717, 1.165) is 0 Å². The molecule has 0 aliphatic heterocycles. The first-order valence-electron chi connectivity index (χ1n) is 5.05. The van der Waals surface area contributed by atoms with Gasteiger partial charge in [0.15, 0.2) is 0 Å². The first-order valence-corrected chi connectivity index (χ1v) is 5.45. The minimum atomic E-state index is -1.26. The molecule has 0 aliphatic rings. The SMILES string of the molecule is CC(CC(N)=S)NC(=O)c1c(F)cc(F)cc1F. The van der Waals surface area contributed by atoms with Gasteiger partial charge in [-0.3, -0.25) is 4.79 Å². The average molecular weight is 276 g/mol. The van der Waals surface area contributed by atoms with Crippen LogP contribution in [0.5, 0.6) is 0 Å². The van der Waals surface area contributed by atoms with E-state index in [2.05, 4.69) is 17.5 Å².